The van der Waals surface area contributed by atoms with Crippen molar-refractivity contribution in [3.8, 4) is 0 Å². The van der Waals surface area contributed by atoms with Crippen LogP contribution in [0.3, 0.4) is 0 Å². The maximum atomic E-state index is 6.50. The smallest absolute Gasteiger partial charge is 0.0945 e. The zero-order chi connectivity index (χ0) is 12.4. The van der Waals surface area contributed by atoms with Crippen molar-refractivity contribution in [3.63, 3.8) is 0 Å². The standard InChI is InChI=1S/C13H11Cl3S/c1-2-8-5-6-17-13(8)12(16)10-7-9(14)3-4-11(10)15/h3-7,12H,2H2,1H3. The molecule has 1 unspecified atom stereocenters. The number of alkyl halides is 1. The minimum atomic E-state index is -0.226. The zero-order valence-corrected chi connectivity index (χ0v) is 12.3. The monoisotopic (exact) mass is 304 g/mol. The summed E-state index contributed by atoms with van der Waals surface area (Å²) in [6.07, 6.45) is 0.972. The molecule has 90 valence electrons. The highest BCUT2D eigenvalue weighted by Gasteiger charge is 2.18. The third-order valence-electron chi connectivity index (χ3n) is 2.62. The molecule has 1 heterocycles. The molecule has 0 saturated carbocycles. The second-order valence-corrected chi connectivity index (χ2v) is 5.92. The van der Waals surface area contributed by atoms with Gasteiger partial charge >= 0.3 is 0 Å². The predicted octanol–water partition coefficient (Wildman–Crippen LogP) is 5.95. The Morgan fingerprint density at radius 1 is 1.24 bits per heavy atom. The first-order valence-electron chi connectivity index (χ1n) is 5.28. The highest BCUT2D eigenvalue weighted by atomic mass is 35.5. The summed E-state index contributed by atoms with van der Waals surface area (Å²) in [5.41, 5.74) is 2.14. The molecule has 1 aromatic carbocycles. The van der Waals surface area contributed by atoms with Crippen LogP contribution < -0.4 is 0 Å². The number of aryl methyl sites for hydroxylation is 1. The normalized spacial score (nSPS) is 12.7. The fourth-order valence-corrected chi connectivity index (χ4v) is 3.64. The number of hydrogen-bond acceptors (Lipinski definition) is 1. The lowest BCUT2D eigenvalue weighted by Gasteiger charge is -2.12. The minimum absolute atomic E-state index is 0.226. The fourth-order valence-electron chi connectivity index (χ4n) is 1.71. The van der Waals surface area contributed by atoms with Crippen LogP contribution in [-0.4, -0.2) is 0 Å². The lowest BCUT2D eigenvalue weighted by molar-refractivity contribution is 1.08. The van der Waals surface area contributed by atoms with Gasteiger partial charge in [-0.05, 0) is 47.2 Å². The molecule has 4 heteroatoms. The van der Waals surface area contributed by atoms with Gasteiger partial charge in [0.25, 0.3) is 0 Å². The van der Waals surface area contributed by atoms with Gasteiger partial charge in [0.1, 0.15) is 0 Å². The van der Waals surface area contributed by atoms with Crippen LogP contribution in [-0.2, 0) is 6.42 Å². The summed E-state index contributed by atoms with van der Waals surface area (Å²) >= 11 is 20.3. The second-order valence-electron chi connectivity index (χ2n) is 3.69. The van der Waals surface area contributed by atoms with Gasteiger partial charge in [0.05, 0.1) is 5.38 Å². The van der Waals surface area contributed by atoms with E-state index in [2.05, 4.69) is 18.4 Å². The molecule has 0 aliphatic carbocycles. The van der Waals surface area contributed by atoms with Crippen LogP contribution in [0.5, 0.6) is 0 Å². The van der Waals surface area contributed by atoms with Crippen LogP contribution in [0.15, 0.2) is 29.6 Å². The number of thiophene rings is 1. The first-order chi connectivity index (χ1) is 8.13. The van der Waals surface area contributed by atoms with E-state index in [4.69, 9.17) is 34.8 Å². The van der Waals surface area contributed by atoms with Gasteiger partial charge in [0, 0.05) is 14.9 Å². The highest BCUT2D eigenvalue weighted by Crippen LogP contribution is 2.39. The number of rotatable bonds is 3. The number of halogens is 3. The Morgan fingerprint density at radius 2 is 2.00 bits per heavy atom. The SMILES string of the molecule is CCc1ccsc1C(Cl)c1cc(Cl)ccc1Cl. The number of hydrogen-bond donors (Lipinski definition) is 0. The average Bonchev–Trinajstić information content (AvgIpc) is 2.79. The predicted molar refractivity (Wildman–Crippen MR) is 77.9 cm³/mol. The van der Waals surface area contributed by atoms with Crippen LogP contribution in [0.4, 0.5) is 0 Å². The number of benzene rings is 1. The molecule has 2 rings (SSSR count). The molecule has 1 aromatic heterocycles. The fraction of sp³-hybridized carbons (Fsp3) is 0.231. The minimum Gasteiger partial charge on any atom is -0.147 e. The molecule has 0 amide bonds. The van der Waals surface area contributed by atoms with Gasteiger partial charge in [-0.15, -0.1) is 22.9 Å². The van der Waals surface area contributed by atoms with Crippen LogP contribution in [0, 0.1) is 0 Å². The Hall–Kier alpha value is -0.210. The van der Waals surface area contributed by atoms with E-state index in [0.29, 0.717) is 10.0 Å². The molecule has 0 bridgehead atoms. The molecule has 2 aromatic rings. The Kier molecular flexibility index (Phi) is 4.37. The van der Waals surface area contributed by atoms with Crippen LogP contribution in [0.2, 0.25) is 10.0 Å². The molecule has 1 atom stereocenters. The van der Waals surface area contributed by atoms with Gasteiger partial charge in [0.15, 0.2) is 0 Å². The molecule has 0 N–H and O–H groups in total. The Morgan fingerprint density at radius 3 is 2.71 bits per heavy atom. The molecule has 0 saturated heterocycles. The van der Waals surface area contributed by atoms with Crippen molar-refractivity contribution in [3.05, 3.63) is 55.7 Å². The second kappa shape index (κ2) is 5.62. The van der Waals surface area contributed by atoms with Crippen molar-refractivity contribution in [2.75, 3.05) is 0 Å². The van der Waals surface area contributed by atoms with E-state index in [1.165, 1.54) is 5.56 Å². The zero-order valence-electron chi connectivity index (χ0n) is 9.21. The van der Waals surface area contributed by atoms with E-state index in [1.54, 1.807) is 23.5 Å². The van der Waals surface area contributed by atoms with E-state index < -0.39 is 0 Å². The summed E-state index contributed by atoms with van der Waals surface area (Å²) in [4.78, 5) is 1.15. The summed E-state index contributed by atoms with van der Waals surface area (Å²) in [5.74, 6) is 0. The van der Waals surface area contributed by atoms with Crippen molar-refractivity contribution in [2.45, 2.75) is 18.7 Å². The maximum Gasteiger partial charge on any atom is 0.0945 e. The molecular weight excluding hydrogens is 295 g/mol. The molecule has 0 aliphatic rings. The third-order valence-corrected chi connectivity index (χ3v) is 4.81. The van der Waals surface area contributed by atoms with Crippen molar-refractivity contribution in [1.82, 2.24) is 0 Å². The molecule has 0 aliphatic heterocycles. The van der Waals surface area contributed by atoms with Gasteiger partial charge in [-0.3, -0.25) is 0 Å². The van der Waals surface area contributed by atoms with E-state index in [9.17, 15) is 0 Å². The maximum absolute atomic E-state index is 6.50. The summed E-state index contributed by atoms with van der Waals surface area (Å²) in [6.45, 7) is 2.12. The molecular formula is C13H11Cl3S. The summed E-state index contributed by atoms with van der Waals surface area (Å²) in [7, 11) is 0. The van der Waals surface area contributed by atoms with Crippen molar-refractivity contribution >= 4 is 46.1 Å². The molecule has 0 radical (unpaired) electrons. The largest absolute Gasteiger partial charge is 0.147 e. The lowest BCUT2D eigenvalue weighted by atomic mass is 10.1. The van der Waals surface area contributed by atoms with Gasteiger partial charge in [0.2, 0.25) is 0 Å². The Bertz CT molecular complexity index is 519. The Labute approximate surface area is 120 Å². The molecule has 0 nitrogen and oxygen atoms in total. The van der Waals surface area contributed by atoms with Crippen molar-refractivity contribution in [1.29, 1.82) is 0 Å². The average molecular weight is 306 g/mol. The van der Waals surface area contributed by atoms with Crippen LogP contribution >= 0.6 is 46.1 Å². The Balaban J connectivity index is 2.43. The van der Waals surface area contributed by atoms with Crippen molar-refractivity contribution in [2.24, 2.45) is 0 Å². The molecule has 0 spiro atoms. The molecule has 17 heavy (non-hydrogen) atoms. The van der Waals surface area contributed by atoms with Gasteiger partial charge in [-0.1, -0.05) is 30.1 Å². The first kappa shape index (κ1) is 13.2. The first-order valence-corrected chi connectivity index (χ1v) is 7.36. The molecule has 0 fully saturated rings. The van der Waals surface area contributed by atoms with E-state index >= 15 is 0 Å². The van der Waals surface area contributed by atoms with Crippen molar-refractivity contribution < 1.29 is 0 Å². The quantitative estimate of drug-likeness (QED) is 0.615. The summed E-state index contributed by atoms with van der Waals surface area (Å²) in [6, 6.07) is 7.49. The van der Waals surface area contributed by atoms with E-state index in [0.717, 1.165) is 16.9 Å². The van der Waals surface area contributed by atoms with Crippen LogP contribution in [0.25, 0.3) is 0 Å². The topological polar surface area (TPSA) is 0 Å². The van der Waals surface area contributed by atoms with E-state index in [1.807, 2.05) is 6.07 Å². The van der Waals surface area contributed by atoms with Gasteiger partial charge in [-0.25, -0.2) is 0 Å². The summed E-state index contributed by atoms with van der Waals surface area (Å²) in [5, 5.41) is 3.15. The van der Waals surface area contributed by atoms with Crippen LogP contribution in [0.1, 0.15) is 28.3 Å². The highest BCUT2D eigenvalue weighted by molar-refractivity contribution is 7.10. The lowest BCUT2D eigenvalue weighted by Crippen LogP contribution is -1.95. The third kappa shape index (κ3) is 2.79. The summed E-state index contributed by atoms with van der Waals surface area (Å²) < 4.78 is 0. The van der Waals surface area contributed by atoms with Gasteiger partial charge in [-0.2, -0.15) is 0 Å². The van der Waals surface area contributed by atoms with E-state index in [-0.39, 0.29) is 5.38 Å². The van der Waals surface area contributed by atoms with Gasteiger partial charge < -0.3 is 0 Å².